The van der Waals surface area contributed by atoms with E-state index in [1.807, 2.05) is 25.1 Å². The van der Waals surface area contributed by atoms with Crippen LogP contribution in [0.1, 0.15) is 21.1 Å². The van der Waals surface area contributed by atoms with E-state index in [0.717, 1.165) is 9.97 Å². The molecule has 0 N–H and O–H groups in total. The highest BCUT2D eigenvalue weighted by atomic mass is 32.1. The summed E-state index contributed by atoms with van der Waals surface area (Å²) in [5.41, 5.74) is 1.16. The Kier molecular flexibility index (Phi) is 2.26. The second kappa shape index (κ2) is 3.78. The number of benzene rings is 1. The largest absolute Gasteiger partial charge is 0.287 e. The molecule has 0 atom stereocenters. The van der Waals surface area contributed by atoms with Crippen LogP contribution in [0.5, 0.6) is 0 Å². The molecule has 0 radical (unpaired) electrons. The molecule has 0 aliphatic rings. The van der Waals surface area contributed by atoms with Gasteiger partial charge in [-0.25, -0.2) is 4.98 Å². The molecule has 4 nitrogen and oxygen atoms in total. The highest BCUT2D eigenvalue weighted by Gasteiger charge is 2.16. The lowest BCUT2D eigenvalue weighted by atomic mass is 10.1. The molecular weight excluding hydrogens is 234 g/mol. The van der Waals surface area contributed by atoms with Gasteiger partial charge in [0.25, 0.3) is 0 Å². The van der Waals surface area contributed by atoms with Crippen molar-refractivity contribution < 1.29 is 4.79 Å². The van der Waals surface area contributed by atoms with Crippen molar-refractivity contribution in [1.29, 1.82) is 0 Å². The maximum atomic E-state index is 12.2. The van der Waals surface area contributed by atoms with Crippen molar-refractivity contribution in [3.63, 3.8) is 0 Å². The number of carbonyl (C=O) groups excluding carboxylic acids is 1. The van der Waals surface area contributed by atoms with Crippen LogP contribution >= 0.6 is 11.3 Å². The molecule has 3 aromatic rings. The third kappa shape index (κ3) is 1.64. The van der Waals surface area contributed by atoms with Crippen molar-refractivity contribution >= 4 is 22.1 Å². The minimum atomic E-state index is -0.0524. The smallest absolute Gasteiger partial charge is 0.213 e. The van der Waals surface area contributed by atoms with E-state index >= 15 is 0 Å². The van der Waals surface area contributed by atoms with Gasteiger partial charge in [-0.1, -0.05) is 41.7 Å². The van der Waals surface area contributed by atoms with Gasteiger partial charge in [0.15, 0.2) is 0 Å². The third-order valence-electron chi connectivity index (χ3n) is 2.46. The highest BCUT2D eigenvalue weighted by molar-refractivity contribution is 7.16. The Balaban J connectivity index is 2.13. The molecule has 0 saturated heterocycles. The van der Waals surface area contributed by atoms with Gasteiger partial charge in [0.1, 0.15) is 10.7 Å². The number of carbonyl (C=O) groups is 1. The van der Waals surface area contributed by atoms with Crippen LogP contribution in [-0.2, 0) is 0 Å². The van der Waals surface area contributed by atoms with Crippen LogP contribution < -0.4 is 0 Å². The number of rotatable bonds is 2. The van der Waals surface area contributed by atoms with E-state index in [0.29, 0.717) is 11.3 Å². The summed E-state index contributed by atoms with van der Waals surface area (Å²) in [5, 5.41) is 5.17. The quantitative estimate of drug-likeness (QED) is 0.649. The predicted octanol–water partition coefficient (Wildman–Crippen LogP) is 2.33. The normalized spacial score (nSPS) is 10.9. The van der Waals surface area contributed by atoms with E-state index in [1.165, 1.54) is 11.3 Å². The number of nitrogens with zero attached hydrogens (tertiary/aromatic N) is 3. The minimum Gasteiger partial charge on any atom is -0.287 e. The Hall–Kier alpha value is -2.01. The third-order valence-corrected chi connectivity index (χ3v) is 3.29. The number of aryl methyl sites for hydroxylation is 1. The number of hydrogen-bond donors (Lipinski definition) is 0. The van der Waals surface area contributed by atoms with Gasteiger partial charge in [-0.15, -0.1) is 0 Å². The van der Waals surface area contributed by atoms with E-state index < -0.39 is 0 Å². The molecule has 1 aromatic carbocycles. The second-order valence-electron chi connectivity index (χ2n) is 3.65. The Morgan fingerprint density at radius 2 is 2.06 bits per heavy atom. The summed E-state index contributed by atoms with van der Waals surface area (Å²) in [4.78, 5) is 17.2. The van der Waals surface area contributed by atoms with Crippen molar-refractivity contribution in [1.82, 2.24) is 14.6 Å². The molecular formula is C12H9N3OS. The fourth-order valence-electron chi connectivity index (χ4n) is 1.68. The molecule has 0 bridgehead atoms. The van der Waals surface area contributed by atoms with Crippen LogP contribution in [0.3, 0.4) is 0 Å². The molecule has 0 amide bonds. The summed E-state index contributed by atoms with van der Waals surface area (Å²) in [6.45, 7) is 1.90. The summed E-state index contributed by atoms with van der Waals surface area (Å²) in [6.07, 6.45) is 1.58. The first-order chi connectivity index (χ1) is 8.25. The monoisotopic (exact) mass is 243 g/mol. The van der Waals surface area contributed by atoms with Crippen LogP contribution in [0.15, 0.2) is 36.5 Å². The second-order valence-corrected chi connectivity index (χ2v) is 4.81. The zero-order valence-electron chi connectivity index (χ0n) is 9.12. The first-order valence-electron chi connectivity index (χ1n) is 5.16. The Morgan fingerprint density at radius 1 is 1.29 bits per heavy atom. The summed E-state index contributed by atoms with van der Waals surface area (Å²) in [5.74, 6) is -0.0524. The molecule has 0 saturated carbocycles. The molecule has 0 unspecified atom stereocenters. The van der Waals surface area contributed by atoms with Crippen molar-refractivity contribution in [2.45, 2.75) is 6.92 Å². The van der Waals surface area contributed by atoms with Crippen LogP contribution in [0, 0.1) is 6.92 Å². The molecule has 5 heteroatoms. The van der Waals surface area contributed by atoms with E-state index in [2.05, 4.69) is 10.1 Å². The molecule has 17 heavy (non-hydrogen) atoms. The number of ketones is 1. The zero-order chi connectivity index (χ0) is 11.8. The topological polar surface area (TPSA) is 47.3 Å². The van der Waals surface area contributed by atoms with Gasteiger partial charge in [0.2, 0.25) is 10.7 Å². The first-order valence-corrected chi connectivity index (χ1v) is 5.98. The van der Waals surface area contributed by atoms with Crippen LogP contribution in [0.4, 0.5) is 0 Å². The molecule has 2 heterocycles. The Bertz CT molecular complexity index is 684. The standard InChI is InChI=1S/C12H9N3OS/c1-8-14-15-10(7-13-12(15)17-8)11(16)9-5-3-2-4-6-9/h2-7H,1H3. The van der Waals surface area contributed by atoms with E-state index in [4.69, 9.17) is 0 Å². The van der Waals surface area contributed by atoms with Gasteiger partial charge in [-0.2, -0.15) is 9.61 Å². The van der Waals surface area contributed by atoms with Crippen LogP contribution in [0.25, 0.3) is 4.96 Å². The number of imidazole rings is 1. The molecule has 84 valence electrons. The fourth-order valence-corrected chi connectivity index (χ4v) is 2.40. The average molecular weight is 243 g/mol. The number of aromatic nitrogens is 3. The maximum absolute atomic E-state index is 12.2. The van der Waals surface area contributed by atoms with Crippen molar-refractivity contribution in [2.75, 3.05) is 0 Å². The molecule has 0 spiro atoms. The lowest BCUT2D eigenvalue weighted by Gasteiger charge is -1.97. The molecule has 0 fully saturated rings. The molecule has 3 rings (SSSR count). The number of fused-ring (bicyclic) bond motifs is 1. The van der Waals surface area contributed by atoms with Crippen molar-refractivity contribution in [3.8, 4) is 0 Å². The summed E-state index contributed by atoms with van der Waals surface area (Å²) >= 11 is 1.47. The van der Waals surface area contributed by atoms with E-state index in [1.54, 1.807) is 22.8 Å². The zero-order valence-corrected chi connectivity index (χ0v) is 9.94. The minimum absolute atomic E-state index is 0.0524. The summed E-state index contributed by atoms with van der Waals surface area (Å²) in [6, 6.07) is 9.16. The first kappa shape index (κ1) is 10.2. The van der Waals surface area contributed by atoms with Gasteiger partial charge in [-0.05, 0) is 6.92 Å². The lowest BCUT2D eigenvalue weighted by Crippen LogP contribution is -2.05. The Labute approximate surface area is 102 Å². The van der Waals surface area contributed by atoms with Crippen molar-refractivity contribution in [3.05, 3.63) is 52.8 Å². The van der Waals surface area contributed by atoms with Gasteiger partial charge in [-0.3, -0.25) is 4.79 Å². The van der Waals surface area contributed by atoms with E-state index in [9.17, 15) is 4.79 Å². The van der Waals surface area contributed by atoms with Crippen molar-refractivity contribution in [2.24, 2.45) is 0 Å². The van der Waals surface area contributed by atoms with Gasteiger partial charge in [0.05, 0.1) is 6.20 Å². The maximum Gasteiger partial charge on any atom is 0.213 e. The SMILES string of the molecule is Cc1nn2c(C(=O)c3ccccc3)cnc2s1. The molecule has 0 aliphatic heterocycles. The van der Waals surface area contributed by atoms with Gasteiger partial charge < -0.3 is 0 Å². The summed E-state index contributed by atoms with van der Waals surface area (Å²) < 4.78 is 1.61. The van der Waals surface area contributed by atoms with Crippen LogP contribution in [-0.4, -0.2) is 20.4 Å². The molecule has 0 aliphatic carbocycles. The highest BCUT2D eigenvalue weighted by Crippen LogP contribution is 2.16. The summed E-state index contributed by atoms with van der Waals surface area (Å²) in [7, 11) is 0. The lowest BCUT2D eigenvalue weighted by molar-refractivity contribution is 0.103. The predicted molar refractivity (Wildman–Crippen MR) is 65.5 cm³/mol. The average Bonchev–Trinajstić information content (AvgIpc) is 2.88. The number of hydrogen-bond acceptors (Lipinski definition) is 4. The van der Waals surface area contributed by atoms with Crippen LogP contribution in [0.2, 0.25) is 0 Å². The van der Waals surface area contributed by atoms with E-state index in [-0.39, 0.29) is 5.78 Å². The van der Waals surface area contributed by atoms with Gasteiger partial charge in [0, 0.05) is 5.56 Å². The molecule has 2 aromatic heterocycles. The van der Waals surface area contributed by atoms with Gasteiger partial charge >= 0.3 is 0 Å². The Morgan fingerprint density at radius 3 is 2.82 bits per heavy atom. The fraction of sp³-hybridized carbons (Fsp3) is 0.0833.